The first-order valence-corrected chi connectivity index (χ1v) is 9.44. The monoisotopic (exact) mass is 398 g/mol. The Balaban J connectivity index is 1.73. The Bertz CT molecular complexity index is 1360. The van der Waals surface area contributed by atoms with Gasteiger partial charge in [0.05, 0.1) is 48.1 Å². The van der Waals surface area contributed by atoms with Crippen LogP contribution >= 0.6 is 0 Å². The van der Waals surface area contributed by atoms with Crippen molar-refractivity contribution in [1.82, 2.24) is 0 Å². The summed E-state index contributed by atoms with van der Waals surface area (Å²) in [6.45, 7) is 0. The smallest absolute Gasteiger partial charge is 0.340 e. The van der Waals surface area contributed by atoms with Gasteiger partial charge in [0.1, 0.15) is 0 Å². The molecule has 0 fully saturated rings. The highest BCUT2D eigenvalue weighted by Gasteiger charge is 2.25. The molecule has 30 heavy (non-hydrogen) atoms. The van der Waals surface area contributed by atoms with Crippen LogP contribution in [0.15, 0.2) is 60.7 Å². The van der Waals surface area contributed by atoms with E-state index >= 15 is 0 Å². The van der Waals surface area contributed by atoms with Crippen LogP contribution in [0.25, 0.3) is 21.5 Å². The van der Waals surface area contributed by atoms with Crippen molar-refractivity contribution in [2.75, 3.05) is 24.9 Å². The van der Waals surface area contributed by atoms with Crippen molar-refractivity contribution < 1.29 is 19.1 Å². The number of fused-ring (bicyclic) bond motifs is 4. The van der Waals surface area contributed by atoms with E-state index in [0.29, 0.717) is 16.8 Å². The van der Waals surface area contributed by atoms with Crippen LogP contribution in [0.4, 0.5) is 22.7 Å². The number of hydrogen-bond acceptors (Lipinski definition) is 6. The maximum atomic E-state index is 12.6. The molecule has 0 spiro atoms. The molecule has 0 amide bonds. The summed E-state index contributed by atoms with van der Waals surface area (Å²) in [7, 11) is 2.75. The number of rotatable bonds is 2. The van der Waals surface area contributed by atoms with Gasteiger partial charge < -0.3 is 20.1 Å². The summed E-state index contributed by atoms with van der Waals surface area (Å²) >= 11 is 0. The number of hydrogen-bond donors (Lipinski definition) is 2. The van der Waals surface area contributed by atoms with Crippen molar-refractivity contribution in [2.24, 2.45) is 0 Å². The molecule has 1 aliphatic heterocycles. The molecule has 0 aromatic heterocycles. The summed E-state index contributed by atoms with van der Waals surface area (Å²) in [5, 5.41) is 10.2. The first kappa shape index (κ1) is 18.0. The highest BCUT2D eigenvalue weighted by Crippen LogP contribution is 2.45. The summed E-state index contributed by atoms with van der Waals surface area (Å²) in [5.74, 6) is -0.793. The van der Waals surface area contributed by atoms with Crippen LogP contribution in [0.2, 0.25) is 0 Å². The van der Waals surface area contributed by atoms with Crippen molar-refractivity contribution in [3.8, 4) is 0 Å². The Labute approximate surface area is 172 Å². The summed E-state index contributed by atoms with van der Waals surface area (Å²) in [6.07, 6.45) is 0. The highest BCUT2D eigenvalue weighted by atomic mass is 16.5. The van der Waals surface area contributed by atoms with Crippen molar-refractivity contribution in [2.45, 2.75) is 0 Å². The van der Waals surface area contributed by atoms with Crippen LogP contribution in [-0.2, 0) is 9.47 Å². The average molecular weight is 398 g/mol. The lowest BCUT2D eigenvalue weighted by Gasteiger charge is -2.26. The lowest BCUT2D eigenvalue weighted by atomic mass is 9.97. The zero-order valence-corrected chi connectivity index (χ0v) is 16.4. The maximum Gasteiger partial charge on any atom is 0.340 e. The summed E-state index contributed by atoms with van der Waals surface area (Å²) in [4.78, 5) is 24.8. The number of carbonyl (C=O) groups is 2. The van der Waals surface area contributed by atoms with Crippen LogP contribution in [0.1, 0.15) is 20.7 Å². The van der Waals surface area contributed by atoms with Gasteiger partial charge in [-0.05, 0) is 45.8 Å². The number of esters is 2. The van der Waals surface area contributed by atoms with E-state index in [1.807, 2.05) is 54.6 Å². The van der Waals surface area contributed by atoms with Crippen LogP contribution in [-0.4, -0.2) is 26.2 Å². The van der Waals surface area contributed by atoms with Gasteiger partial charge in [0.25, 0.3) is 0 Å². The SMILES string of the molecule is COC(=O)c1cccc2cc3c(cc12)Nc1cc2ccccc2c(C(=O)OC)c1N3. The van der Waals surface area contributed by atoms with Crippen LogP contribution < -0.4 is 10.6 Å². The molecule has 0 saturated heterocycles. The molecule has 0 aliphatic carbocycles. The van der Waals surface area contributed by atoms with Gasteiger partial charge in [-0.15, -0.1) is 0 Å². The molecule has 1 heterocycles. The zero-order valence-electron chi connectivity index (χ0n) is 16.4. The summed E-state index contributed by atoms with van der Waals surface area (Å²) in [6, 6.07) is 19.0. The fourth-order valence-corrected chi connectivity index (χ4v) is 3.99. The summed E-state index contributed by atoms with van der Waals surface area (Å²) < 4.78 is 9.99. The van der Waals surface area contributed by atoms with E-state index in [9.17, 15) is 9.59 Å². The van der Waals surface area contributed by atoms with Crippen molar-refractivity contribution >= 4 is 56.2 Å². The molecule has 4 aromatic carbocycles. The van der Waals surface area contributed by atoms with Crippen molar-refractivity contribution in [1.29, 1.82) is 0 Å². The Kier molecular flexibility index (Phi) is 4.06. The molecular weight excluding hydrogens is 380 g/mol. The third-order valence-electron chi connectivity index (χ3n) is 5.39. The lowest BCUT2D eigenvalue weighted by molar-refractivity contribution is 0.0594. The number of anilines is 4. The van der Waals surface area contributed by atoms with E-state index < -0.39 is 5.97 Å². The van der Waals surface area contributed by atoms with Gasteiger partial charge in [-0.2, -0.15) is 0 Å². The second-order valence-corrected chi connectivity index (χ2v) is 7.05. The van der Waals surface area contributed by atoms with Gasteiger partial charge in [0.2, 0.25) is 0 Å². The van der Waals surface area contributed by atoms with E-state index in [-0.39, 0.29) is 5.97 Å². The average Bonchev–Trinajstić information content (AvgIpc) is 2.78. The third-order valence-corrected chi connectivity index (χ3v) is 5.39. The van der Waals surface area contributed by atoms with E-state index in [1.54, 1.807) is 6.07 Å². The Morgan fingerprint density at radius 2 is 1.37 bits per heavy atom. The molecule has 4 aromatic rings. The van der Waals surface area contributed by atoms with Crippen LogP contribution in [0.3, 0.4) is 0 Å². The lowest BCUT2D eigenvalue weighted by Crippen LogP contribution is -2.13. The summed E-state index contributed by atoms with van der Waals surface area (Å²) in [5.41, 5.74) is 4.01. The van der Waals surface area contributed by atoms with E-state index in [1.165, 1.54) is 14.2 Å². The van der Waals surface area contributed by atoms with Gasteiger partial charge >= 0.3 is 11.9 Å². The molecule has 5 rings (SSSR count). The molecule has 0 atom stereocenters. The predicted octanol–water partition coefficient (Wildman–Crippen LogP) is 5.37. The van der Waals surface area contributed by atoms with Gasteiger partial charge in [-0.25, -0.2) is 9.59 Å². The van der Waals surface area contributed by atoms with E-state index in [2.05, 4.69) is 10.6 Å². The number of carbonyl (C=O) groups excluding carboxylic acids is 2. The Morgan fingerprint density at radius 3 is 2.17 bits per heavy atom. The minimum absolute atomic E-state index is 0.385. The second-order valence-electron chi connectivity index (χ2n) is 7.05. The highest BCUT2D eigenvalue weighted by molar-refractivity contribution is 6.16. The Hall–Kier alpha value is -4.06. The first-order chi connectivity index (χ1) is 14.6. The minimum atomic E-state index is -0.408. The molecule has 0 bridgehead atoms. The normalized spacial score (nSPS) is 11.8. The topological polar surface area (TPSA) is 76.7 Å². The molecule has 6 nitrogen and oxygen atoms in total. The fraction of sp³-hybridized carbons (Fsp3) is 0.0833. The standard InChI is InChI=1S/C24H18N2O4/c1-29-23(27)16-9-5-7-14-10-18-19(12-17(14)16)25-20-11-13-6-3-4-8-15(13)21(22(20)26-18)24(28)30-2/h3-12,25-26H,1-2H3. The molecular formula is C24H18N2O4. The third kappa shape index (κ3) is 2.65. The van der Waals surface area contributed by atoms with Crippen molar-refractivity contribution in [3.05, 3.63) is 71.8 Å². The molecule has 0 radical (unpaired) electrons. The zero-order chi connectivity index (χ0) is 20.8. The number of nitrogens with one attached hydrogen (secondary N) is 2. The van der Waals surface area contributed by atoms with Crippen LogP contribution in [0, 0.1) is 0 Å². The van der Waals surface area contributed by atoms with Crippen LogP contribution in [0.5, 0.6) is 0 Å². The molecule has 1 aliphatic rings. The van der Waals surface area contributed by atoms with Gasteiger partial charge in [0, 0.05) is 0 Å². The molecule has 148 valence electrons. The van der Waals surface area contributed by atoms with E-state index in [0.717, 1.165) is 38.6 Å². The van der Waals surface area contributed by atoms with E-state index in [4.69, 9.17) is 9.47 Å². The van der Waals surface area contributed by atoms with Gasteiger partial charge in [-0.1, -0.05) is 36.4 Å². The quantitative estimate of drug-likeness (QED) is 0.390. The second kappa shape index (κ2) is 6.77. The first-order valence-electron chi connectivity index (χ1n) is 9.44. The van der Waals surface area contributed by atoms with Gasteiger partial charge in [-0.3, -0.25) is 0 Å². The predicted molar refractivity (Wildman–Crippen MR) is 117 cm³/mol. The largest absolute Gasteiger partial charge is 0.465 e. The minimum Gasteiger partial charge on any atom is -0.465 e. The van der Waals surface area contributed by atoms with Crippen molar-refractivity contribution in [3.63, 3.8) is 0 Å². The molecule has 0 unspecified atom stereocenters. The molecule has 0 saturated carbocycles. The number of benzene rings is 4. The molecule has 2 N–H and O–H groups in total. The Morgan fingerprint density at radius 1 is 0.700 bits per heavy atom. The fourth-order valence-electron chi connectivity index (χ4n) is 3.99. The molecule has 6 heteroatoms. The maximum absolute atomic E-state index is 12.6. The number of methoxy groups -OCH3 is 2. The van der Waals surface area contributed by atoms with Gasteiger partial charge in [0.15, 0.2) is 0 Å². The number of ether oxygens (including phenoxy) is 2.